The average Bonchev–Trinajstić information content (AvgIpc) is 3.26. The molecule has 0 aliphatic carbocycles. The van der Waals surface area contributed by atoms with Crippen molar-refractivity contribution in [2.24, 2.45) is 0 Å². The number of halogens is 2. The maximum absolute atomic E-state index is 12.5. The fraction of sp³-hybridized carbons (Fsp3) is 0.0741. The molecule has 0 aliphatic rings. The smallest absolute Gasteiger partial charge is 0.543 e. The van der Waals surface area contributed by atoms with Crippen molar-refractivity contribution in [2.75, 3.05) is 17.7 Å². The molecule has 0 spiro atoms. The summed E-state index contributed by atoms with van der Waals surface area (Å²) in [7, 11) is 1.57. The second-order valence-corrected chi connectivity index (χ2v) is 8.91. The molecule has 0 unspecified atom stereocenters. The van der Waals surface area contributed by atoms with Gasteiger partial charge in [0.2, 0.25) is 5.91 Å². The second kappa shape index (κ2) is 13.5. The zero-order valence-electron chi connectivity index (χ0n) is 20.9. The van der Waals surface area contributed by atoms with E-state index < -0.39 is 11.9 Å². The molecule has 0 atom stereocenters. The molecule has 1 heterocycles. The van der Waals surface area contributed by atoms with Gasteiger partial charge in [0.05, 0.1) is 23.8 Å². The minimum atomic E-state index is -1.45. The fourth-order valence-corrected chi connectivity index (χ4v) is 4.28. The summed E-state index contributed by atoms with van der Waals surface area (Å²) in [5.74, 6) is -1.25. The van der Waals surface area contributed by atoms with Crippen molar-refractivity contribution >= 4 is 69.5 Å². The van der Waals surface area contributed by atoms with Crippen LogP contribution < -0.4 is 55.4 Å². The van der Waals surface area contributed by atoms with Crippen LogP contribution in [0.2, 0.25) is 10.0 Å². The minimum absolute atomic E-state index is 0. The molecule has 39 heavy (non-hydrogen) atoms. The third-order valence-electron chi connectivity index (χ3n) is 5.48. The number of aromatic carboxylic acids is 1. The van der Waals surface area contributed by atoms with Gasteiger partial charge in [-0.1, -0.05) is 35.3 Å². The molecule has 3 aromatic carbocycles. The predicted molar refractivity (Wildman–Crippen MR) is 146 cm³/mol. The van der Waals surface area contributed by atoms with Gasteiger partial charge in [0.15, 0.2) is 0 Å². The molecule has 3 amide bonds. The molecule has 12 heteroatoms. The maximum atomic E-state index is 12.5. The summed E-state index contributed by atoms with van der Waals surface area (Å²) < 4.78 is 5.09. The Morgan fingerprint density at radius 3 is 2.26 bits per heavy atom. The summed E-state index contributed by atoms with van der Waals surface area (Å²) in [4.78, 5) is 38.9. The summed E-state index contributed by atoms with van der Waals surface area (Å²) in [6.45, 7) is 0.271. The van der Waals surface area contributed by atoms with Crippen LogP contribution >= 0.6 is 23.2 Å². The van der Waals surface area contributed by atoms with Crippen molar-refractivity contribution in [3.8, 4) is 5.75 Å². The van der Waals surface area contributed by atoms with Crippen molar-refractivity contribution in [2.45, 2.75) is 6.54 Å². The van der Waals surface area contributed by atoms with E-state index in [1.165, 1.54) is 24.3 Å². The molecule has 4 rings (SSSR count). The number of nitrogens with one attached hydrogen (secondary N) is 4. The molecule has 4 N–H and O–H groups in total. The first-order chi connectivity index (χ1) is 18.2. The molecule has 0 aliphatic heterocycles. The summed E-state index contributed by atoms with van der Waals surface area (Å²) in [6.07, 6.45) is 2.54. The van der Waals surface area contributed by atoms with Crippen LogP contribution in [0.15, 0.2) is 66.7 Å². The first-order valence-electron chi connectivity index (χ1n) is 11.2. The van der Waals surface area contributed by atoms with Gasteiger partial charge in [-0.05, 0) is 60.2 Å². The van der Waals surface area contributed by atoms with Gasteiger partial charge in [0.25, 0.3) is 0 Å². The molecule has 4 aromatic rings. The number of rotatable bonds is 8. The van der Waals surface area contributed by atoms with Gasteiger partial charge >= 0.3 is 35.6 Å². The van der Waals surface area contributed by atoms with Crippen molar-refractivity contribution in [3.63, 3.8) is 0 Å². The van der Waals surface area contributed by atoms with E-state index in [4.69, 9.17) is 27.9 Å². The Kier molecular flexibility index (Phi) is 10.4. The average molecular weight is 575 g/mol. The molecule has 0 saturated heterocycles. The molecular formula is C27H21Cl2N4NaO5. The number of H-pyrrole nitrogens is 1. The van der Waals surface area contributed by atoms with Crippen LogP contribution in [0, 0.1) is 0 Å². The standard InChI is InChI=1S/C27H22Cl2N4O5.Na/c1-38-19-8-6-18(7-9-19)32-27(37)30-14-15-2-4-17(5-3-15)31-23(34)11-10-20-24-21(29)12-16(28)13-22(24)33-25(20)26(35)36;/h2-13,33H,14H2,1H3,(H,31,34)(H,35,36)(H2,30,32,37);/q;+1/p-1/b11-10+;. The minimum Gasteiger partial charge on any atom is -0.543 e. The molecule has 0 bridgehead atoms. The quantitative estimate of drug-likeness (QED) is 0.188. The van der Waals surface area contributed by atoms with E-state index in [1.807, 2.05) is 0 Å². The number of methoxy groups -OCH3 is 1. The van der Waals surface area contributed by atoms with Gasteiger partial charge in [-0.3, -0.25) is 4.79 Å². The molecule has 1 aromatic heterocycles. The Morgan fingerprint density at radius 2 is 1.62 bits per heavy atom. The number of hydrogen-bond acceptors (Lipinski definition) is 5. The Labute approximate surface area is 255 Å². The number of ether oxygens (including phenoxy) is 1. The Hall–Kier alpha value is -3.47. The summed E-state index contributed by atoms with van der Waals surface area (Å²) in [5, 5.41) is 20.7. The molecule has 0 fully saturated rings. The van der Waals surface area contributed by atoms with Crippen LogP contribution in [0.1, 0.15) is 21.6 Å². The Morgan fingerprint density at radius 1 is 0.974 bits per heavy atom. The normalized spacial score (nSPS) is 10.6. The van der Waals surface area contributed by atoms with Crippen LogP contribution in [0.25, 0.3) is 17.0 Å². The first-order valence-corrected chi connectivity index (χ1v) is 12.0. The second-order valence-electron chi connectivity index (χ2n) is 8.07. The number of aromatic nitrogens is 1. The number of carbonyl (C=O) groups is 3. The van der Waals surface area contributed by atoms with Gasteiger partial charge < -0.3 is 35.6 Å². The molecule has 194 valence electrons. The van der Waals surface area contributed by atoms with Crippen LogP contribution in [-0.4, -0.2) is 30.0 Å². The summed E-state index contributed by atoms with van der Waals surface area (Å²) in [5.41, 5.74) is 2.33. The number of aromatic amines is 1. The van der Waals surface area contributed by atoms with Gasteiger partial charge in [-0.15, -0.1) is 0 Å². The van der Waals surface area contributed by atoms with Gasteiger partial charge in [0, 0.05) is 45.5 Å². The van der Waals surface area contributed by atoms with E-state index in [1.54, 1.807) is 55.6 Å². The SMILES string of the molecule is COc1ccc(NC(=O)NCc2ccc(NC(=O)/C=C/c3c(C(=O)[O-])[nH]c4cc(Cl)cc(Cl)c34)cc2)cc1.[Na+]. The number of anilines is 2. The van der Waals surface area contributed by atoms with Crippen LogP contribution in [0.5, 0.6) is 5.75 Å². The largest absolute Gasteiger partial charge is 1.00 e. The topological polar surface area (TPSA) is 135 Å². The van der Waals surface area contributed by atoms with Crippen molar-refractivity contribution < 1.29 is 53.8 Å². The predicted octanol–water partition coefficient (Wildman–Crippen LogP) is 1.82. The zero-order chi connectivity index (χ0) is 27.2. The maximum Gasteiger partial charge on any atom is 1.00 e. The van der Waals surface area contributed by atoms with Crippen molar-refractivity contribution in [1.82, 2.24) is 10.3 Å². The molecule has 0 radical (unpaired) electrons. The van der Waals surface area contributed by atoms with Crippen LogP contribution in [0.3, 0.4) is 0 Å². The Bertz CT molecular complexity index is 1540. The van der Waals surface area contributed by atoms with E-state index in [2.05, 4.69) is 20.9 Å². The molecule has 9 nitrogen and oxygen atoms in total. The Balaban J connectivity index is 0.00000420. The summed E-state index contributed by atoms with van der Waals surface area (Å²) >= 11 is 12.2. The fourth-order valence-electron chi connectivity index (χ4n) is 3.68. The molecule has 0 saturated carbocycles. The van der Waals surface area contributed by atoms with Crippen molar-refractivity contribution in [3.05, 3.63) is 93.6 Å². The summed E-state index contributed by atoms with van der Waals surface area (Å²) in [6, 6.07) is 16.5. The first kappa shape index (κ1) is 30.1. The van der Waals surface area contributed by atoms with E-state index in [0.717, 1.165) is 5.56 Å². The molecular weight excluding hydrogens is 554 g/mol. The third-order valence-corrected chi connectivity index (χ3v) is 6.00. The van der Waals surface area contributed by atoms with E-state index in [9.17, 15) is 19.5 Å². The number of amides is 3. The van der Waals surface area contributed by atoms with E-state index >= 15 is 0 Å². The third kappa shape index (κ3) is 7.78. The number of benzene rings is 3. The van der Waals surface area contributed by atoms with E-state index in [-0.39, 0.29) is 58.4 Å². The van der Waals surface area contributed by atoms with Crippen molar-refractivity contribution in [1.29, 1.82) is 0 Å². The van der Waals surface area contributed by atoms with Gasteiger partial charge in [-0.2, -0.15) is 0 Å². The van der Waals surface area contributed by atoms with Gasteiger partial charge in [-0.25, -0.2) is 4.79 Å². The van der Waals surface area contributed by atoms with Gasteiger partial charge in [0.1, 0.15) is 5.75 Å². The number of urea groups is 1. The number of carboxylic acid groups (broad SMARTS) is 1. The number of fused-ring (bicyclic) bond motifs is 1. The zero-order valence-corrected chi connectivity index (χ0v) is 24.4. The van der Waals surface area contributed by atoms with E-state index in [0.29, 0.717) is 33.0 Å². The van der Waals surface area contributed by atoms with Crippen LogP contribution in [-0.2, 0) is 11.3 Å². The van der Waals surface area contributed by atoms with Crippen LogP contribution in [0.4, 0.5) is 16.2 Å². The number of carboxylic acids is 1. The monoisotopic (exact) mass is 574 g/mol. The number of carbonyl (C=O) groups excluding carboxylic acids is 3. The number of hydrogen-bond donors (Lipinski definition) is 4.